The highest BCUT2D eigenvalue weighted by Gasteiger charge is 2.04. The van der Waals surface area contributed by atoms with Gasteiger partial charge in [0.1, 0.15) is 5.75 Å². The molecule has 0 aliphatic heterocycles. The molecule has 0 saturated heterocycles. The summed E-state index contributed by atoms with van der Waals surface area (Å²) >= 11 is 0. The number of carbonyl (C=O) groups excluding carboxylic acids is 1. The molecule has 0 heterocycles. The molecule has 0 aromatic heterocycles. The van der Waals surface area contributed by atoms with Gasteiger partial charge in [-0.15, -0.1) is 0 Å². The summed E-state index contributed by atoms with van der Waals surface area (Å²) in [6.45, 7) is 6.49. The van der Waals surface area contributed by atoms with Crippen molar-refractivity contribution in [3.05, 3.63) is 64.2 Å². The van der Waals surface area contributed by atoms with E-state index >= 15 is 0 Å². The van der Waals surface area contributed by atoms with Crippen LogP contribution >= 0.6 is 0 Å². The lowest BCUT2D eigenvalue weighted by molar-refractivity contribution is 0.0953. The van der Waals surface area contributed by atoms with Crippen molar-refractivity contribution >= 4 is 18.1 Å². The molecule has 2 aromatic carbocycles. The van der Waals surface area contributed by atoms with Crippen LogP contribution in [0, 0.1) is 13.8 Å². The zero-order valence-corrected chi connectivity index (χ0v) is 13.9. The number of nitrogens with one attached hydrogen (secondary N) is 1. The lowest BCUT2D eigenvalue weighted by atomic mass is 10.0. The van der Waals surface area contributed by atoms with Gasteiger partial charge in [-0.3, -0.25) is 4.79 Å². The Bertz CT molecular complexity index is 709. The summed E-state index contributed by atoms with van der Waals surface area (Å²) in [6, 6.07) is 11.4. The number of amides is 1. The number of phenolic OH excluding ortho intramolecular Hbond substituents is 1. The van der Waals surface area contributed by atoms with Crippen LogP contribution in [0.15, 0.2) is 36.4 Å². The second kappa shape index (κ2) is 7.63. The minimum absolute atomic E-state index is 0.0431. The Morgan fingerprint density at radius 3 is 2.39 bits per heavy atom. The molecule has 0 bridgehead atoms. The van der Waals surface area contributed by atoms with Gasteiger partial charge in [0.25, 0.3) is 5.91 Å². The number of aromatic hydroxyl groups is 1. The van der Waals surface area contributed by atoms with Crippen LogP contribution in [0.4, 0.5) is 0 Å². The lowest BCUT2D eigenvalue weighted by Gasteiger charge is -2.05. The predicted molar refractivity (Wildman–Crippen MR) is 95.6 cm³/mol. The molecule has 2 rings (SSSR count). The number of phenols is 1. The van der Waals surface area contributed by atoms with Gasteiger partial charge < -0.3 is 10.4 Å². The molecular weight excluding hydrogens is 286 g/mol. The van der Waals surface area contributed by atoms with Crippen molar-refractivity contribution in [1.29, 1.82) is 0 Å². The summed E-state index contributed by atoms with van der Waals surface area (Å²) in [6.07, 6.45) is 4.88. The molecule has 3 heteroatoms. The minimum Gasteiger partial charge on any atom is -0.507 e. The fourth-order valence-corrected chi connectivity index (χ4v) is 2.40. The molecule has 0 spiro atoms. The predicted octanol–water partition coefficient (Wildman–Crippen LogP) is 4.32. The molecular formula is C20H23NO2. The normalized spacial score (nSPS) is 10.9. The molecule has 1 amide bonds. The van der Waals surface area contributed by atoms with Crippen molar-refractivity contribution in [3.8, 4) is 5.75 Å². The van der Waals surface area contributed by atoms with Crippen LogP contribution in [-0.2, 0) is 0 Å². The number of hydrogen-bond donors (Lipinski definition) is 2. The van der Waals surface area contributed by atoms with Gasteiger partial charge in [-0.25, -0.2) is 0 Å². The Hall–Kier alpha value is -2.55. The van der Waals surface area contributed by atoms with Gasteiger partial charge in [0.05, 0.1) is 0 Å². The first-order valence-corrected chi connectivity index (χ1v) is 7.88. The molecule has 0 fully saturated rings. The number of rotatable bonds is 5. The van der Waals surface area contributed by atoms with Crippen molar-refractivity contribution in [1.82, 2.24) is 5.32 Å². The fourth-order valence-electron chi connectivity index (χ4n) is 2.40. The van der Waals surface area contributed by atoms with Gasteiger partial charge in [-0.1, -0.05) is 31.2 Å². The zero-order valence-electron chi connectivity index (χ0n) is 13.9. The smallest absolute Gasteiger partial charge is 0.251 e. The standard InChI is InChI=1S/C20H23NO2/c1-4-10-21-20(23)18-7-5-6-16(13-18)8-9-17-11-14(2)19(22)15(3)12-17/h5-9,11-13,22H,4,10H2,1-3H3,(H,21,23)/b9-8+. The van der Waals surface area contributed by atoms with E-state index in [0.29, 0.717) is 17.9 Å². The fraction of sp³-hybridized carbons (Fsp3) is 0.250. The van der Waals surface area contributed by atoms with Crippen LogP contribution in [0.2, 0.25) is 0 Å². The Morgan fingerprint density at radius 1 is 1.09 bits per heavy atom. The second-order valence-electron chi connectivity index (χ2n) is 5.72. The molecule has 23 heavy (non-hydrogen) atoms. The summed E-state index contributed by atoms with van der Waals surface area (Å²) in [5, 5.41) is 12.7. The van der Waals surface area contributed by atoms with Crippen LogP contribution in [0.3, 0.4) is 0 Å². The summed E-state index contributed by atoms with van der Waals surface area (Å²) in [5.41, 5.74) is 4.38. The molecule has 0 aliphatic carbocycles. The molecule has 0 atom stereocenters. The molecule has 120 valence electrons. The topological polar surface area (TPSA) is 49.3 Å². The molecule has 2 N–H and O–H groups in total. The van der Waals surface area contributed by atoms with E-state index in [2.05, 4.69) is 5.32 Å². The van der Waals surface area contributed by atoms with Crippen molar-refractivity contribution in [3.63, 3.8) is 0 Å². The van der Waals surface area contributed by atoms with Crippen LogP contribution < -0.4 is 5.32 Å². The summed E-state index contributed by atoms with van der Waals surface area (Å²) < 4.78 is 0. The molecule has 2 aromatic rings. The average Bonchev–Trinajstić information content (AvgIpc) is 2.55. The third-order valence-electron chi connectivity index (χ3n) is 3.67. The van der Waals surface area contributed by atoms with Gasteiger partial charge in [-0.05, 0) is 66.8 Å². The van der Waals surface area contributed by atoms with Gasteiger partial charge in [0, 0.05) is 12.1 Å². The number of aryl methyl sites for hydroxylation is 2. The quantitative estimate of drug-likeness (QED) is 0.808. The molecule has 0 aliphatic rings. The minimum atomic E-state index is -0.0431. The van der Waals surface area contributed by atoms with Crippen LogP contribution in [-0.4, -0.2) is 17.6 Å². The first-order chi connectivity index (χ1) is 11.0. The van der Waals surface area contributed by atoms with E-state index in [-0.39, 0.29) is 5.91 Å². The van der Waals surface area contributed by atoms with Crippen molar-refractivity contribution in [2.45, 2.75) is 27.2 Å². The maximum absolute atomic E-state index is 12.0. The van der Waals surface area contributed by atoms with E-state index in [1.807, 2.05) is 69.3 Å². The third-order valence-corrected chi connectivity index (χ3v) is 3.67. The summed E-state index contributed by atoms with van der Waals surface area (Å²) in [7, 11) is 0. The largest absolute Gasteiger partial charge is 0.507 e. The Labute approximate surface area is 137 Å². The first kappa shape index (κ1) is 16.8. The summed E-state index contributed by atoms with van der Waals surface area (Å²) in [4.78, 5) is 12.0. The van der Waals surface area contributed by atoms with Crippen LogP contribution in [0.5, 0.6) is 5.75 Å². The number of hydrogen-bond acceptors (Lipinski definition) is 2. The average molecular weight is 309 g/mol. The number of benzene rings is 2. The SMILES string of the molecule is CCCNC(=O)c1cccc(/C=C/c2cc(C)c(O)c(C)c2)c1. The van der Waals surface area contributed by atoms with Crippen molar-refractivity contribution < 1.29 is 9.90 Å². The van der Waals surface area contributed by atoms with E-state index < -0.39 is 0 Å². The molecule has 3 nitrogen and oxygen atoms in total. The van der Waals surface area contributed by atoms with Crippen LogP contribution in [0.25, 0.3) is 12.2 Å². The third kappa shape index (κ3) is 4.46. The van der Waals surface area contributed by atoms with Crippen molar-refractivity contribution in [2.24, 2.45) is 0 Å². The summed E-state index contributed by atoms with van der Waals surface area (Å²) in [5.74, 6) is 0.301. The molecule has 0 unspecified atom stereocenters. The van der Waals surface area contributed by atoms with E-state index in [1.165, 1.54) is 0 Å². The Kier molecular flexibility index (Phi) is 5.58. The van der Waals surface area contributed by atoms with Crippen LogP contribution in [0.1, 0.15) is 46.0 Å². The van der Waals surface area contributed by atoms with E-state index in [4.69, 9.17) is 0 Å². The second-order valence-corrected chi connectivity index (χ2v) is 5.72. The van der Waals surface area contributed by atoms with Crippen molar-refractivity contribution in [2.75, 3.05) is 6.54 Å². The zero-order chi connectivity index (χ0) is 16.8. The highest BCUT2D eigenvalue weighted by atomic mass is 16.3. The lowest BCUT2D eigenvalue weighted by Crippen LogP contribution is -2.23. The maximum atomic E-state index is 12.0. The molecule has 0 saturated carbocycles. The first-order valence-electron chi connectivity index (χ1n) is 7.88. The Balaban J connectivity index is 2.18. The highest BCUT2D eigenvalue weighted by Crippen LogP contribution is 2.24. The number of carbonyl (C=O) groups is 1. The van der Waals surface area contributed by atoms with Gasteiger partial charge in [-0.2, -0.15) is 0 Å². The van der Waals surface area contributed by atoms with E-state index in [0.717, 1.165) is 28.7 Å². The molecule has 0 radical (unpaired) electrons. The Morgan fingerprint density at radius 2 is 1.74 bits per heavy atom. The van der Waals surface area contributed by atoms with Gasteiger partial charge >= 0.3 is 0 Å². The van der Waals surface area contributed by atoms with E-state index in [1.54, 1.807) is 0 Å². The van der Waals surface area contributed by atoms with E-state index in [9.17, 15) is 9.90 Å². The monoisotopic (exact) mass is 309 g/mol. The highest BCUT2D eigenvalue weighted by molar-refractivity contribution is 5.94. The maximum Gasteiger partial charge on any atom is 0.251 e. The van der Waals surface area contributed by atoms with Gasteiger partial charge in [0.2, 0.25) is 0 Å². The van der Waals surface area contributed by atoms with Gasteiger partial charge in [0.15, 0.2) is 0 Å².